The van der Waals surface area contributed by atoms with Crippen LogP contribution in [-0.4, -0.2) is 15.3 Å². The van der Waals surface area contributed by atoms with E-state index in [1.165, 1.54) is 6.08 Å². The van der Waals surface area contributed by atoms with Crippen molar-refractivity contribution in [2.75, 3.05) is 5.32 Å². The molecule has 0 atom stereocenters. The lowest BCUT2D eigenvalue weighted by Gasteiger charge is -2.08. The van der Waals surface area contributed by atoms with Crippen molar-refractivity contribution < 1.29 is 4.79 Å². The summed E-state index contributed by atoms with van der Waals surface area (Å²) in [4.78, 5) is 17.0. The summed E-state index contributed by atoms with van der Waals surface area (Å²) in [6, 6.07) is 19.2. The number of rotatable bonds is 4. The Bertz CT molecular complexity index is 1160. The number of amides is 1. The molecule has 0 spiro atoms. The van der Waals surface area contributed by atoms with Gasteiger partial charge in [-0.2, -0.15) is 0 Å². The Morgan fingerprint density at radius 1 is 1.11 bits per heavy atom. The first-order valence-corrected chi connectivity index (χ1v) is 9.26. The van der Waals surface area contributed by atoms with Gasteiger partial charge in [0.05, 0.1) is 5.69 Å². The van der Waals surface area contributed by atoms with Gasteiger partial charge in [-0.25, -0.2) is 4.98 Å². The van der Waals surface area contributed by atoms with Crippen LogP contribution in [0.2, 0.25) is 5.02 Å². The Kier molecular flexibility index (Phi) is 4.96. The molecular weight excluding hydrogens is 370 g/mol. The number of pyridine rings is 1. The number of benzene rings is 2. The molecule has 28 heavy (non-hydrogen) atoms. The van der Waals surface area contributed by atoms with Crippen LogP contribution in [0.5, 0.6) is 0 Å². The van der Waals surface area contributed by atoms with E-state index in [2.05, 4.69) is 10.3 Å². The van der Waals surface area contributed by atoms with Gasteiger partial charge in [0.25, 0.3) is 0 Å². The molecule has 2 aromatic heterocycles. The molecule has 4 aromatic rings. The summed E-state index contributed by atoms with van der Waals surface area (Å²) >= 11 is 6.12. The molecule has 2 heterocycles. The first-order valence-electron chi connectivity index (χ1n) is 8.88. The molecule has 5 heteroatoms. The molecule has 0 unspecified atom stereocenters. The van der Waals surface area contributed by atoms with Crippen LogP contribution in [0, 0.1) is 6.92 Å². The molecule has 2 aromatic carbocycles. The van der Waals surface area contributed by atoms with Crippen molar-refractivity contribution in [3.05, 3.63) is 95.3 Å². The topological polar surface area (TPSA) is 46.4 Å². The van der Waals surface area contributed by atoms with Crippen molar-refractivity contribution in [3.63, 3.8) is 0 Å². The van der Waals surface area contributed by atoms with Crippen LogP contribution >= 0.6 is 11.6 Å². The molecule has 4 rings (SSSR count). The fourth-order valence-electron chi connectivity index (χ4n) is 2.94. The van der Waals surface area contributed by atoms with Gasteiger partial charge >= 0.3 is 0 Å². The lowest BCUT2D eigenvalue weighted by atomic mass is 10.1. The van der Waals surface area contributed by atoms with Crippen LogP contribution < -0.4 is 5.32 Å². The molecule has 0 bridgehead atoms. The van der Waals surface area contributed by atoms with Gasteiger partial charge in [0.2, 0.25) is 5.91 Å². The Morgan fingerprint density at radius 2 is 1.93 bits per heavy atom. The van der Waals surface area contributed by atoms with E-state index in [-0.39, 0.29) is 5.91 Å². The predicted octanol–water partition coefficient (Wildman–Crippen LogP) is 5.62. The molecule has 0 fully saturated rings. The summed E-state index contributed by atoms with van der Waals surface area (Å²) in [6.07, 6.45) is 7.13. The summed E-state index contributed by atoms with van der Waals surface area (Å²) in [5.74, 6) is -0.213. The number of anilines is 1. The number of fused-ring (bicyclic) bond motifs is 1. The smallest absolute Gasteiger partial charge is 0.248 e. The number of aryl methyl sites for hydroxylation is 1. The van der Waals surface area contributed by atoms with Crippen molar-refractivity contribution in [2.45, 2.75) is 6.92 Å². The molecule has 4 nitrogen and oxygen atoms in total. The highest BCUT2D eigenvalue weighted by Gasteiger charge is 2.08. The zero-order chi connectivity index (χ0) is 19.5. The lowest BCUT2D eigenvalue weighted by Crippen LogP contribution is -2.09. The van der Waals surface area contributed by atoms with Gasteiger partial charge in [0.1, 0.15) is 5.65 Å². The van der Waals surface area contributed by atoms with Crippen LogP contribution in [-0.2, 0) is 4.79 Å². The van der Waals surface area contributed by atoms with Crippen LogP contribution in [0.1, 0.15) is 11.1 Å². The summed E-state index contributed by atoms with van der Waals surface area (Å²) in [7, 11) is 0. The van der Waals surface area contributed by atoms with Crippen LogP contribution in [0.3, 0.4) is 0 Å². The van der Waals surface area contributed by atoms with E-state index in [1.54, 1.807) is 12.1 Å². The maximum absolute atomic E-state index is 12.4. The second-order valence-electron chi connectivity index (χ2n) is 6.47. The van der Waals surface area contributed by atoms with Crippen LogP contribution in [0.15, 0.2) is 79.1 Å². The lowest BCUT2D eigenvalue weighted by molar-refractivity contribution is -0.111. The van der Waals surface area contributed by atoms with Gasteiger partial charge < -0.3 is 9.72 Å². The van der Waals surface area contributed by atoms with E-state index in [0.29, 0.717) is 5.02 Å². The van der Waals surface area contributed by atoms with E-state index >= 15 is 0 Å². The second kappa shape index (κ2) is 7.71. The number of carbonyl (C=O) groups is 1. The van der Waals surface area contributed by atoms with Crippen molar-refractivity contribution in [3.8, 4) is 11.3 Å². The van der Waals surface area contributed by atoms with Gasteiger partial charge in [-0.15, -0.1) is 0 Å². The second-order valence-corrected chi connectivity index (χ2v) is 6.87. The Hall–Kier alpha value is -3.37. The molecule has 0 saturated carbocycles. The monoisotopic (exact) mass is 387 g/mol. The Balaban J connectivity index is 1.57. The van der Waals surface area contributed by atoms with E-state index in [0.717, 1.165) is 33.7 Å². The molecular formula is C23H18ClN3O. The SMILES string of the molecule is Cc1ccc(-c2cn3ccccc3n2)cc1NC(=O)/C=C/c1ccccc1Cl. The molecule has 1 amide bonds. The molecule has 0 aliphatic rings. The van der Waals surface area contributed by atoms with E-state index in [9.17, 15) is 4.79 Å². The average molecular weight is 388 g/mol. The maximum atomic E-state index is 12.4. The van der Waals surface area contributed by atoms with Gasteiger partial charge in [0.15, 0.2) is 0 Å². The number of hydrogen-bond donors (Lipinski definition) is 1. The fourth-order valence-corrected chi connectivity index (χ4v) is 3.14. The number of nitrogens with one attached hydrogen (secondary N) is 1. The first kappa shape index (κ1) is 18.0. The zero-order valence-corrected chi connectivity index (χ0v) is 16.0. The third kappa shape index (κ3) is 3.82. The number of aromatic nitrogens is 2. The Labute approximate surface area is 168 Å². The fraction of sp³-hybridized carbons (Fsp3) is 0.0435. The van der Waals surface area contributed by atoms with E-state index in [4.69, 9.17) is 11.6 Å². The highest BCUT2D eigenvalue weighted by molar-refractivity contribution is 6.32. The quantitative estimate of drug-likeness (QED) is 0.462. The highest BCUT2D eigenvalue weighted by atomic mass is 35.5. The third-order valence-corrected chi connectivity index (χ3v) is 4.82. The summed E-state index contributed by atoms with van der Waals surface area (Å²) < 4.78 is 1.97. The molecule has 1 N–H and O–H groups in total. The number of hydrogen-bond acceptors (Lipinski definition) is 2. The van der Waals surface area contributed by atoms with Crippen molar-refractivity contribution in [1.82, 2.24) is 9.38 Å². The zero-order valence-electron chi connectivity index (χ0n) is 15.3. The predicted molar refractivity (Wildman–Crippen MR) is 114 cm³/mol. The number of nitrogens with zero attached hydrogens (tertiary/aromatic N) is 2. The minimum absolute atomic E-state index is 0.213. The van der Waals surface area contributed by atoms with Gasteiger partial charge in [-0.3, -0.25) is 4.79 Å². The number of imidazole rings is 1. The molecule has 138 valence electrons. The minimum atomic E-state index is -0.213. The maximum Gasteiger partial charge on any atom is 0.248 e. The van der Waals surface area contributed by atoms with Gasteiger partial charge in [-0.05, 0) is 48.4 Å². The van der Waals surface area contributed by atoms with Gasteiger partial charge in [-0.1, -0.05) is 48.0 Å². The average Bonchev–Trinajstić information content (AvgIpc) is 3.13. The van der Waals surface area contributed by atoms with Crippen molar-refractivity contribution in [2.24, 2.45) is 0 Å². The highest BCUT2D eigenvalue weighted by Crippen LogP contribution is 2.25. The van der Waals surface area contributed by atoms with E-state index in [1.807, 2.05) is 78.3 Å². The van der Waals surface area contributed by atoms with Crippen LogP contribution in [0.25, 0.3) is 23.0 Å². The summed E-state index contributed by atoms with van der Waals surface area (Å²) in [6.45, 7) is 1.96. The summed E-state index contributed by atoms with van der Waals surface area (Å²) in [5.41, 5.74) is 5.21. The molecule has 0 aliphatic carbocycles. The standard InChI is InChI=1S/C23H18ClN3O/c1-16-9-10-18(21-15-27-13-5-4-8-22(27)25-21)14-20(16)26-23(28)12-11-17-6-2-3-7-19(17)24/h2-15H,1H3,(H,26,28)/b12-11+. The van der Waals surface area contributed by atoms with Crippen molar-refractivity contribution in [1.29, 1.82) is 0 Å². The largest absolute Gasteiger partial charge is 0.322 e. The van der Waals surface area contributed by atoms with Crippen LogP contribution in [0.4, 0.5) is 5.69 Å². The first-order chi connectivity index (χ1) is 13.6. The number of carbonyl (C=O) groups excluding carboxylic acids is 1. The number of halogens is 1. The molecule has 0 aliphatic heterocycles. The molecule has 0 saturated heterocycles. The van der Waals surface area contributed by atoms with Gasteiger partial charge in [0, 0.05) is 34.7 Å². The third-order valence-electron chi connectivity index (χ3n) is 4.47. The molecule has 0 radical (unpaired) electrons. The minimum Gasteiger partial charge on any atom is -0.322 e. The normalized spacial score (nSPS) is 11.2. The summed E-state index contributed by atoms with van der Waals surface area (Å²) in [5, 5.41) is 3.55. The van der Waals surface area contributed by atoms with E-state index < -0.39 is 0 Å². The Morgan fingerprint density at radius 3 is 2.75 bits per heavy atom. The van der Waals surface area contributed by atoms with Crippen molar-refractivity contribution >= 4 is 34.9 Å².